The van der Waals surface area contributed by atoms with Gasteiger partial charge in [-0.25, -0.2) is 0 Å². The summed E-state index contributed by atoms with van der Waals surface area (Å²) in [5, 5.41) is 7.17. The van der Waals surface area contributed by atoms with Crippen LogP contribution in [0.25, 0.3) is 11.7 Å². The highest BCUT2D eigenvalue weighted by molar-refractivity contribution is 5.44. The minimum atomic E-state index is 0.0408. The van der Waals surface area contributed by atoms with E-state index in [9.17, 15) is 0 Å². The molecular weight excluding hydrogens is 158 g/mol. The Labute approximate surface area is 68.2 Å². The molecule has 0 aliphatic rings. The van der Waals surface area contributed by atoms with Crippen LogP contribution < -0.4 is 5.73 Å². The Hall–Kier alpha value is -1.78. The molecule has 2 aromatic heterocycles. The first-order chi connectivity index (χ1) is 5.75. The van der Waals surface area contributed by atoms with E-state index in [0.717, 1.165) is 5.76 Å². The van der Waals surface area contributed by atoms with Crippen molar-refractivity contribution in [1.82, 2.24) is 10.2 Å². The van der Waals surface area contributed by atoms with Crippen LogP contribution >= 0.6 is 0 Å². The van der Waals surface area contributed by atoms with Gasteiger partial charge in [-0.1, -0.05) is 5.10 Å². The molecule has 12 heavy (non-hydrogen) atoms. The Morgan fingerprint density at radius 2 is 2.08 bits per heavy atom. The fourth-order valence-electron chi connectivity index (χ4n) is 0.884. The largest absolute Gasteiger partial charge is 0.456 e. The molecule has 0 atom stereocenters. The van der Waals surface area contributed by atoms with E-state index in [4.69, 9.17) is 14.6 Å². The van der Waals surface area contributed by atoms with E-state index >= 15 is 0 Å². The van der Waals surface area contributed by atoms with Gasteiger partial charge in [-0.05, 0) is 19.1 Å². The fraction of sp³-hybridized carbons (Fsp3) is 0.143. The molecule has 62 valence electrons. The summed E-state index contributed by atoms with van der Waals surface area (Å²) in [6, 6.07) is 3.61. The number of nitrogens with two attached hydrogens (primary N) is 1. The van der Waals surface area contributed by atoms with Crippen molar-refractivity contribution in [3.8, 4) is 11.7 Å². The van der Waals surface area contributed by atoms with Crippen molar-refractivity contribution in [2.24, 2.45) is 0 Å². The molecule has 0 unspecified atom stereocenters. The topological polar surface area (TPSA) is 78.1 Å². The number of hydrogen-bond donors (Lipinski definition) is 1. The number of aryl methyl sites for hydroxylation is 1. The van der Waals surface area contributed by atoms with Gasteiger partial charge in [-0.2, -0.15) is 0 Å². The maximum Gasteiger partial charge on any atom is 0.313 e. The van der Waals surface area contributed by atoms with Crippen LogP contribution in [-0.4, -0.2) is 10.2 Å². The van der Waals surface area contributed by atoms with Gasteiger partial charge in [-0.3, -0.25) is 0 Å². The molecule has 5 heteroatoms. The van der Waals surface area contributed by atoms with Gasteiger partial charge < -0.3 is 14.6 Å². The average Bonchev–Trinajstić information content (AvgIpc) is 2.58. The summed E-state index contributed by atoms with van der Waals surface area (Å²) in [4.78, 5) is 0. The third-order valence-corrected chi connectivity index (χ3v) is 1.39. The fourth-order valence-corrected chi connectivity index (χ4v) is 0.884. The van der Waals surface area contributed by atoms with Crippen molar-refractivity contribution in [2.45, 2.75) is 6.92 Å². The molecule has 2 heterocycles. The number of nitrogen functional groups attached to an aromatic ring is 1. The number of furan rings is 1. The molecule has 0 saturated carbocycles. The van der Waals surface area contributed by atoms with Gasteiger partial charge in [0.25, 0.3) is 5.89 Å². The Balaban J connectivity index is 2.43. The van der Waals surface area contributed by atoms with Crippen molar-refractivity contribution >= 4 is 6.01 Å². The molecule has 2 aromatic rings. The van der Waals surface area contributed by atoms with Crippen molar-refractivity contribution in [3.63, 3.8) is 0 Å². The molecule has 0 fully saturated rings. The van der Waals surface area contributed by atoms with Crippen LogP contribution in [0.4, 0.5) is 6.01 Å². The summed E-state index contributed by atoms with van der Waals surface area (Å²) >= 11 is 0. The van der Waals surface area contributed by atoms with E-state index in [1.54, 1.807) is 6.07 Å². The first kappa shape index (κ1) is 6.90. The maximum absolute atomic E-state index is 5.24. The SMILES string of the molecule is Cc1ccc(-c2nnc(N)o2)o1. The highest BCUT2D eigenvalue weighted by atomic mass is 16.4. The second-order valence-corrected chi connectivity index (χ2v) is 2.36. The summed E-state index contributed by atoms with van der Waals surface area (Å²) in [6.45, 7) is 1.84. The lowest BCUT2D eigenvalue weighted by Gasteiger charge is -1.84. The average molecular weight is 165 g/mol. The minimum absolute atomic E-state index is 0.0408. The molecule has 0 spiro atoms. The number of nitrogens with zero attached hydrogens (tertiary/aromatic N) is 2. The zero-order chi connectivity index (χ0) is 8.55. The summed E-state index contributed by atoms with van der Waals surface area (Å²) < 4.78 is 10.2. The highest BCUT2D eigenvalue weighted by Crippen LogP contribution is 2.20. The lowest BCUT2D eigenvalue weighted by molar-refractivity contribution is 0.507. The smallest absolute Gasteiger partial charge is 0.313 e. The first-order valence-corrected chi connectivity index (χ1v) is 3.41. The van der Waals surface area contributed by atoms with E-state index in [-0.39, 0.29) is 6.01 Å². The third-order valence-electron chi connectivity index (χ3n) is 1.39. The molecule has 2 N–H and O–H groups in total. The standard InChI is InChI=1S/C7H7N3O2/c1-4-2-3-5(11-4)6-9-10-7(8)12-6/h2-3H,1H3,(H2,8,10). The van der Waals surface area contributed by atoms with Gasteiger partial charge in [0.05, 0.1) is 0 Å². The van der Waals surface area contributed by atoms with Crippen LogP contribution in [0.3, 0.4) is 0 Å². The van der Waals surface area contributed by atoms with Crippen molar-refractivity contribution in [2.75, 3.05) is 5.73 Å². The molecule has 0 aliphatic heterocycles. The summed E-state index contributed by atoms with van der Waals surface area (Å²) in [5.41, 5.74) is 5.24. The van der Waals surface area contributed by atoms with Gasteiger partial charge in [0.1, 0.15) is 5.76 Å². The lowest BCUT2D eigenvalue weighted by Crippen LogP contribution is -1.81. The molecular formula is C7H7N3O2. The van der Waals surface area contributed by atoms with Gasteiger partial charge in [0.15, 0.2) is 5.76 Å². The Morgan fingerprint density at radius 1 is 1.25 bits per heavy atom. The van der Waals surface area contributed by atoms with E-state index in [1.807, 2.05) is 13.0 Å². The van der Waals surface area contributed by atoms with Crippen LogP contribution in [-0.2, 0) is 0 Å². The minimum Gasteiger partial charge on any atom is -0.456 e. The number of aromatic nitrogens is 2. The lowest BCUT2D eigenvalue weighted by atomic mass is 10.4. The number of anilines is 1. The second kappa shape index (κ2) is 2.37. The van der Waals surface area contributed by atoms with E-state index in [0.29, 0.717) is 11.7 Å². The summed E-state index contributed by atoms with van der Waals surface area (Å²) in [7, 11) is 0. The van der Waals surface area contributed by atoms with E-state index in [2.05, 4.69) is 10.2 Å². The zero-order valence-corrected chi connectivity index (χ0v) is 6.44. The van der Waals surface area contributed by atoms with Crippen LogP contribution in [0.1, 0.15) is 5.76 Å². The normalized spacial score (nSPS) is 10.4. The van der Waals surface area contributed by atoms with Crippen LogP contribution in [0.15, 0.2) is 21.0 Å². The van der Waals surface area contributed by atoms with E-state index in [1.165, 1.54) is 0 Å². The quantitative estimate of drug-likeness (QED) is 0.687. The van der Waals surface area contributed by atoms with Gasteiger partial charge in [-0.15, -0.1) is 5.10 Å². The summed E-state index contributed by atoms with van der Waals surface area (Å²) in [5.74, 6) is 1.64. The molecule has 5 nitrogen and oxygen atoms in total. The monoisotopic (exact) mass is 165 g/mol. The predicted octanol–water partition coefficient (Wildman–Crippen LogP) is 1.22. The van der Waals surface area contributed by atoms with Crippen LogP contribution in [0, 0.1) is 6.92 Å². The molecule has 0 aromatic carbocycles. The van der Waals surface area contributed by atoms with Gasteiger partial charge >= 0.3 is 6.01 Å². The zero-order valence-electron chi connectivity index (χ0n) is 6.44. The molecule has 0 radical (unpaired) electrons. The van der Waals surface area contributed by atoms with Crippen molar-refractivity contribution in [3.05, 3.63) is 17.9 Å². The third kappa shape index (κ3) is 1.05. The Morgan fingerprint density at radius 3 is 2.58 bits per heavy atom. The van der Waals surface area contributed by atoms with Gasteiger partial charge in [0, 0.05) is 0 Å². The van der Waals surface area contributed by atoms with Crippen LogP contribution in [0.2, 0.25) is 0 Å². The number of hydrogen-bond acceptors (Lipinski definition) is 5. The van der Waals surface area contributed by atoms with Crippen molar-refractivity contribution < 1.29 is 8.83 Å². The molecule has 0 amide bonds. The second-order valence-electron chi connectivity index (χ2n) is 2.36. The van der Waals surface area contributed by atoms with Crippen molar-refractivity contribution in [1.29, 1.82) is 0 Å². The van der Waals surface area contributed by atoms with E-state index < -0.39 is 0 Å². The van der Waals surface area contributed by atoms with Crippen LogP contribution in [0.5, 0.6) is 0 Å². The first-order valence-electron chi connectivity index (χ1n) is 3.41. The maximum atomic E-state index is 5.24. The predicted molar refractivity (Wildman–Crippen MR) is 41.1 cm³/mol. The molecule has 0 bridgehead atoms. The van der Waals surface area contributed by atoms with Gasteiger partial charge in [0.2, 0.25) is 0 Å². The summed E-state index contributed by atoms with van der Waals surface area (Å²) in [6.07, 6.45) is 0. The number of rotatable bonds is 1. The highest BCUT2D eigenvalue weighted by Gasteiger charge is 2.09. The molecule has 0 saturated heterocycles. The Bertz CT molecular complexity index is 353. The Kier molecular flexibility index (Phi) is 1.36. The molecule has 2 rings (SSSR count). The molecule has 0 aliphatic carbocycles.